The Balaban J connectivity index is 3.05. The summed E-state index contributed by atoms with van der Waals surface area (Å²) in [5, 5.41) is 0. The van der Waals surface area contributed by atoms with E-state index in [1.165, 1.54) is 19.2 Å². The summed E-state index contributed by atoms with van der Waals surface area (Å²) in [7, 11) is -2.04. The Morgan fingerprint density at radius 2 is 2.14 bits per heavy atom. The molecular formula is C8H9BrFNO2S. The van der Waals surface area contributed by atoms with Gasteiger partial charge in [0, 0.05) is 0 Å². The monoisotopic (exact) mass is 281 g/mol. The SMILES string of the molecule is CNS(=O)(=O)Cc1cccc(F)c1Br. The second kappa shape index (κ2) is 4.37. The Labute approximate surface area is 90.5 Å². The summed E-state index contributed by atoms with van der Waals surface area (Å²) < 4.78 is 37.7. The average Bonchev–Trinajstić information content (AvgIpc) is 2.13. The Morgan fingerprint density at radius 1 is 1.50 bits per heavy atom. The van der Waals surface area contributed by atoms with Gasteiger partial charge in [-0.15, -0.1) is 0 Å². The molecule has 0 atom stereocenters. The van der Waals surface area contributed by atoms with Crippen molar-refractivity contribution in [2.45, 2.75) is 5.75 Å². The van der Waals surface area contributed by atoms with Crippen molar-refractivity contribution in [3.63, 3.8) is 0 Å². The first-order chi connectivity index (χ1) is 6.46. The van der Waals surface area contributed by atoms with Gasteiger partial charge in [0.25, 0.3) is 0 Å². The minimum absolute atomic E-state index is 0.193. The lowest BCUT2D eigenvalue weighted by Crippen LogP contribution is -2.20. The number of nitrogens with one attached hydrogen (secondary N) is 1. The summed E-state index contributed by atoms with van der Waals surface area (Å²) in [6, 6.07) is 4.29. The van der Waals surface area contributed by atoms with Crippen LogP contribution in [-0.4, -0.2) is 15.5 Å². The predicted molar refractivity (Wildman–Crippen MR) is 55.8 cm³/mol. The highest BCUT2D eigenvalue weighted by Gasteiger charge is 2.12. The van der Waals surface area contributed by atoms with Gasteiger partial charge in [-0.3, -0.25) is 0 Å². The van der Waals surface area contributed by atoms with Crippen molar-refractivity contribution in [1.29, 1.82) is 0 Å². The Bertz CT molecular complexity index is 433. The number of halogens is 2. The zero-order chi connectivity index (χ0) is 10.8. The normalized spacial score (nSPS) is 11.6. The van der Waals surface area contributed by atoms with Gasteiger partial charge in [-0.25, -0.2) is 17.5 Å². The highest BCUT2D eigenvalue weighted by molar-refractivity contribution is 9.10. The van der Waals surface area contributed by atoms with Gasteiger partial charge >= 0.3 is 0 Å². The molecule has 0 radical (unpaired) electrons. The number of benzene rings is 1. The molecule has 0 aliphatic rings. The third kappa shape index (κ3) is 2.76. The molecule has 1 aromatic carbocycles. The number of hydrogen-bond donors (Lipinski definition) is 1. The van der Waals surface area contributed by atoms with E-state index in [0.717, 1.165) is 0 Å². The van der Waals surface area contributed by atoms with Crippen molar-refractivity contribution < 1.29 is 12.8 Å². The zero-order valence-electron chi connectivity index (χ0n) is 7.42. The molecule has 3 nitrogen and oxygen atoms in total. The van der Waals surface area contributed by atoms with Gasteiger partial charge < -0.3 is 0 Å². The molecule has 0 aliphatic carbocycles. The first kappa shape index (κ1) is 11.6. The van der Waals surface area contributed by atoms with Gasteiger partial charge in [0.1, 0.15) is 5.82 Å². The minimum Gasteiger partial charge on any atom is -0.218 e. The van der Waals surface area contributed by atoms with Crippen LogP contribution in [0.1, 0.15) is 5.56 Å². The van der Waals surface area contributed by atoms with Gasteiger partial charge in [-0.05, 0) is 34.6 Å². The van der Waals surface area contributed by atoms with Gasteiger partial charge in [0.05, 0.1) is 10.2 Å². The third-order valence-electron chi connectivity index (χ3n) is 1.69. The maximum Gasteiger partial charge on any atom is 0.215 e. The Hall–Kier alpha value is -0.460. The Kier molecular flexibility index (Phi) is 3.63. The van der Waals surface area contributed by atoms with Crippen LogP contribution in [0.5, 0.6) is 0 Å². The molecule has 0 saturated heterocycles. The largest absolute Gasteiger partial charge is 0.218 e. The lowest BCUT2D eigenvalue weighted by molar-refractivity contribution is 0.586. The van der Waals surface area contributed by atoms with Crippen LogP contribution in [-0.2, 0) is 15.8 Å². The summed E-state index contributed by atoms with van der Waals surface area (Å²) in [4.78, 5) is 0. The molecular weight excluding hydrogens is 273 g/mol. The van der Waals surface area contributed by atoms with E-state index in [1.807, 2.05) is 0 Å². The smallest absolute Gasteiger partial charge is 0.215 e. The standard InChI is InChI=1S/C8H9BrFNO2S/c1-11-14(12,13)5-6-3-2-4-7(10)8(6)9/h2-4,11H,5H2,1H3. The maximum absolute atomic E-state index is 13.0. The average molecular weight is 282 g/mol. The van der Waals surface area contributed by atoms with Gasteiger partial charge in [-0.1, -0.05) is 12.1 Å². The maximum atomic E-state index is 13.0. The molecule has 1 aromatic rings. The molecule has 0 spiro atoms. The summed E-state index contributed by atoms with van der Waals surface area (Å²) in [6.45, 7) is 0. The highest BCUT2D eigenvalue weighted by atomic mass is 79.9. The van der Waals surface area contributed by atoms with E-state index < -0.39 is 15.8 Å². The van der Waals surface area contributed by atoms with Crippen molar-refractivity contribution in [2.75, 3.05) is 7.05 Å². The van der Waals surface area contributed by atoms with Gasteiger partial charge in [-0.2, -0.15) is 0 Å². The number of hydrogen-bond acceptors (Lipinski definition) is 2. The molecule has 0 unspecified atom stereocenters. The molecule has 14 heavy (non-hydrogen) atoms. The fraction of sp³-hybridized carbons (Fsp3) is 0.250. The number of sulfonamides is 1. The van der Waals surface area contributed by atoms with Crippen molar-refractivity contribution in [3.8, 4) is 0 Å². The topological polar surface area (TPSA) is 46.2 Å². The van der Waals surface area contributed by atoms with Gasteiger partial charge in [0.2, 0.25) is 10.0 Å². The molecule has 6 heteroatoms. The van der Waals surface area contributed by atoms with Crippen LogP contribution in [0.3, 0.4) is 0 Å². The molecule has 0 saturated carbocycles. The Morgan fingerprint density at radius 3 is 2.71 bits per heavy atom. The molecule has 0 aliphatic heterocycles. The van der Waals surface area contributed by atoms with Crippen LogP contribution in [0.25, 0.3) is 0 Å². The van der Waals surface area contributed by atoms with Crippen LogP contribution in [0.2, 0.25) is 0 Å². The quantitative estimate of drug-likeness (QED) is 0.916. The summed E-state index contributed by atoms with van der Waals surface area (Å²) in [5.74, 6) is -0.698. The highest BCUT2D eigenvalue weighted by Crippen LogP contribution is 2.21. The van der Waals surface area contributed by atoms with Crippen molar-refractivity contribution >= 4 is 26.0 Å². The van der Waals surface area contributed by atoms with E-state index in [9.17, 15) is 12.8 Å². The van der Waals surface area contributed by atoms with E-state index in [0.29, 0.717) is 5.56 Å². The second-order valence-electron chi connectivity index (χ2n) is 2.68. The van der Waals surface area contributed by atoms with Crippen molar-refractivity contribution in [2.24, 2.45) is 0 Å². The van der Waals surface area contributed by atoms with E-state index in [1.54, 1.807) is 6.07 Å². The molecule has 0 bridgehead atoms. The van der Waals surface area contributed by atoms with E-state index in [-0.39, 0.29) is 10.2 Å². The minimum atomic E-state index is -3.36. The molecule has 1 rings (SSSR count). The molecule has 0 heterocycles. The van der Waals surface area contributed by atoms with Crippen LogP contribution in [0, 0.1) is 5.82 Å². The molecule has 0 aromatic heterocycles. The summed E-state index contributed by atoms with van der Waals surface area (Å²) in [6.07, 6.45) is 0. The first-order valence-corrected chi connectivity index (χ1v) is 6.25. The zero-order valence-corrected chi connectivity index (χ0v) is 9.82. The lowest BCUT2D eigenvalue weighted by atomic mass is 10.2. The van der Waals surface area contributed by atoms with E-state index in [2.05, 4.69) is 20.7 Å². The fourth-order valence-electron chi connectivity index (χ4n) is 0.937. The van der Waals surface area contributed by atoms with Crippen LogP contribution < -0.4 is 4.72 Å². The predicted octanol–water partition coefficient (Wildman–Crippen LogP) is 1.64. The van der Waals surface area contributed by atoms with Crippen LogP contribution in [0.4, 0.5) is 4.39 Å². The van der Waals surface area contributed by atoms with Crippen LogP contribution in [0.15, 0.2) is 22.7 Å². The second-order valence-corrected chi connectivity index (χ2v) is 5.40. The summed E-state index contributed by atoms with van der Waals surface area (Å²) >= 11 is 2.99. The number of rotatable bonds is 3. The first-order valence-electron chi connectivity index (χ1n) is 3.80. The van der Waals surface area contributed by atoms with Crippen molar-refractivity contribution in [3.05, 3.63) is 34.1 Å². The molecule has 78 valence electrons. The third-order valence-corrected chi connectivity index (χ3v) is 3.89. The summed E-state index contributed by atoms with van der Waals surface area (Å²) in [5.41, 5.74) is 0.402. The van der Waals surface area contributed by atoms with E-state index >= 15 is 0 Å². The molecule has 0 fully saturated rings. The van der Waals surface area contributed by atoms with Crippen LogP contribution >= 0.6 is 15.9 Å². The molecule has 0 amide bonds. The lowest BCUT2D eigenvalue weighted by Gasteiger charge is -2.05. The van der Waals surface area contributed by atoms with E-state index in [4.69, 9.17) is 0 Å². The van der Waals surface area contributed by atoms with Crippen molar-refractivity contribution in [1.82, 2.24) is 4.72 Å². The molecule has 1 N–H and O–H groups in total. The van der Waals surface area contributed by atoms with Gasteiger partial charge in [0.15, 0.2) is 0 Å². The fourth-order valence-corrected chi connectivity index (χ4v) is 2.32.